The van der Waals surface area contributed by atoms with E-state index in [4.69, 9.17) is 0 Å². The van der Waals surface area contributed by atoms with Crippen LogP contribution >= 0.6 is 0 Å². The van der Waals surface area contributed by atoms with Gasteiger partial charge in [-0.15, -0.1) is 0 Å². The van der Waals surface area contributed by atoms with Gasteiger partial charge in [0.25, 0.3) is 0 Å². The van der Waals surface area contributed by atoms with Crippen LogP contribution in [-0.4, -0.2) is 61.0 Å². The van der Waals surface area contributed by atoms with Crippen molar-refractivity contribution < 1.29 is 22.8 Å². The lowest BCUT2D eigenvalue weighted by atomic mass is 10.1. The van der Waals surface area contributed by atoms with Crippen molar-refractivity contribution in [3.8, 4) is 0 Å². The van der Waals surface area contributed by atoms with Crippen LogP contribution in [0, 0.1) is 0 Å². The molecule has 1 aromatic rings. The molecule has 0 radical (unpaired) electrons. The molecule has 1 aliphatic rings. The van der Waals surface area contributed by atoms with Gasteiger partial charge in [0.15, 0.2) is 0 Å². The summed E-state index contributed by atoms with van der Waals surface area (Å²) < 4.78 is 38.4. The van der Waals surface area contributed by atoms with E-state index in [1.165, 1.54) is 19.2 Å². The molecule has 2 rings (SSSR count). The van der Waals surface area contributed by atoms with Gasteiger partial charge in [-0.05, 0) is 18.6 Å². The zero-order valence-corrected chi connectivity index (χ0v) is 14.8. The van der Waals surface area contributed by atoms with Crippen LogP contribution in [0.2, 0.25) is 0 Å². The van der Waals surface area contributed by atoms with Crippen LogP contribution in [0.4, 0.5) is 18.0 Å². The molecule has 1 fully saturated rings. The number of nitrogens with zero attached hydrogens (tertiary/aromatic N) is 2. The minimum Gasteiger partial charge on any atom is -0.341 e. The molecule has 0 aromatic heterocycles. The first-order valence-electron chi connectivity index (χ1n) is 8.36. The third kappa shape index (κ3) is 5.43. The number of alkyl halides is 3. The summed E-state index contributed by atoms with van der Waals surface area (Å²) in [6.07, 6.45) is -4.34. The zero-order valence-electron chi connectivity index (χ0n) is 14.8. The molecule has 1 aromatic carbocycles. The standard InChI is InChI=1S/C17H23F3N4O2/c1-12(15(25)22-16(26)21-2)24-8-6-23(7-9-24)11-13-4-3-5-14(10-13)17(18,19)20/h3-5,10,12H,6-9,11H2,1-2H3,(H2,21,22,25,26)/t12-/m0/s1. The number of nitrogens with one attached hydrogen (secondary N) is 2. The fourth-order valence-electron chi connectivity index (χ4n) is 2.86. The maximum Gasteiger partial charge on any atom is 0.416 e. The Kier molecular flexibility index (Phi) is 6.60. The van der Waals surface area contributed by atoms with Gasteiger partial charge in [0.1, 0.15) is 0 Å². The van der Waals surface area contributed by atoms with Gasteiger partial charge in [0.2, 0.25) is 5.91 Å². The van der Waals surface area contributed by atoms with Crippen LogP contribution in [0.3, 0.4) is 0 Å². The van der Waals surface area contributed by atoms with E-state index in [1.54, 1.807) is 13.0 Å². The number of halogens is 3. The van der Waals surface area contributed by atoms with Gasteiger partial charge in [0, 0.05) is 39.8 Å². The maximum absolute atomic E-state index is 12.8. The molecule has 0 bridgehead atoms. The SMILES string of the molecule is CNC(=O)NC(=O)[C@H](C)N1CCN(Cc2cccc(C(F)(F)F)c2)CC1. The molecule has 1 heterocycles. The molecule has 0 spiro atoms. The first-order valence-corrected chi connectivity index (χ1v) is 8.36. The van der Waals surface area contributed by atoms with Gasteiger partial charge in [0.05, 0.1) is 11.6 Å². The van der Waals surface area contributed by atoms with Gasteiger partial charge in [-0.3, -0.25) is 19.9 Å². The lowest BCUT2D eigenvalue weighted by Gasteiger charge is -2.37. The van der Waals surface area contributed by atoms with Crippen LogP contribution in [0.1, 0.15) is 18.1 Å². The monoisotopic (exact) mass is 372 g/mol. The number of carbonyl (C=O) groups is 2. The summed E-state index contributed by atoms with van der Waals surface area (Å²) >= 11 is 0. The smallest absolute Gasteiger partial charge is 0.341 e. The highest BCUT2D eigenvalue weighted by molar-refractivity contribution is 5.96. The average molecular weight is 372 g/mol. The molecule has 1 atom stereocenters. The summed E-state index contributed by atoms with van der Waals surface area (Å²) in [4.78, 5) is 27.2. The number of benzene rings is 1. The Labute approximate surface area is 150 Å². The lowest BCUT2D eigenvalue weighted by Crippen LogP contribution is -2.55. The molecule has 0 saturated carbocycles. The number of piperazine rings is 1. The fraction of sp³-hybridized carbons (Fsp3) is 0.529. The summed E-state index contributed by atoms with van der Waals surface area (Å²) in [5.41, 5.74) is -0.0354. The van der Waals surface area contributed by atoms with Crippen molar-refractivity contribution in [2.24, 2.45) is 0 Å². The van der Waals surface area contributed by atoms with Crippen LogP contribution in [0.25, 0.3) is 0 Å². The fourth-order valence-corrected chi connectivity index (χ4v) is 2.86. The molecular weight excluding hydrogens is 349 g/mol. The predicted molar refractivity (Wildman–Crippen MR) is 90.4 cm³/mol. The number of urea groups is 1. The number of rotatable bonds is 4. The largest absolute Gasteiger partial charge is 0.416 e. The van der Waals surface area contributed by atoms with Gasteiger partial charge in [-0.1, -0.05) is 18.2 Å². The number of imide groups is 1. The zero-order chi connectivity index (χ0) is 19.3. The van der Waals surface area contributed by atoms with Crippen molar-refractivity contribution in [3.63, 3.8) is 0 Å². The van der Waals surface area contributed by atoms with Gasteiger partial charge < -0.3 is 5.32 Å². The van der Waals surface area contributed by atoms with E-state index in [0.717, 1.165) is 6.07 Å². The Bertz CT molecular complexity index is 643. The lowest BCUT2D eigenvalue weighted by molar-refractivity contribution is -0.137. The molecule has 1 aliphatic heterocycles. The van der Waals surface area contributed by atoms with Crippen molar-refractivity contribution in [2.45, 2.75) is 25.7 Å². The predicted octanol–water partition coefficient (Wildman–Crippen LogP) is 1.67. The summed E-state index contributed by atoms with van der Waals surface area (Å²) in [6, 6.07) is 4.33. The van der Waals surface area contributed by atoms with E-state index in [2.05, 4.69) is 15.5 Å². The van der Waals surface area contributed by atoms with E-state index >= 15 is 0 Å². The minimum atomic E-state index is -4.34. The van der Waals surface area contributed by atoms with Crippen molar-refractivity contribution in [1.29, 1.82) is 0 Å². The highest BCUT2D eigenvalue weighted by atomic mass is 19.4. The van der Waals surface area contributed by atoms with Crippen molar-refractivity contribution in [1.82, 2.24) is 20.4 Å². The second kappa shape index (κ2) is 8.50. The Morgan fingerprint density at radius 1 is 1.19 bits per heavy atom. The molecule has 9 heteroatoms. The van der Waals surface area contributed by atoms with Gasteiger partial charge in [-0.2, -0.15) is 13.2 Å². The van der Waals surface area contributed by atoms with Crippen molar-refractivity contribution in [3.05, 3.63) is 35.4 Å². The Morgan fingerprint density at radius 3 is 2.42 bits per heavy atom. The second-order valence-corrected chi connectivity index (χ2v) is 6.25. The number of hydrogen-bond donors (Lipinski definition) is 2. The molecule has 2 N–H and O–H groups in total. The van der Waals surface area contributed by atoms with Crippen LogP contribution in [-0.2, 0) is 17.5 Å². The third-order valence-corrected chi connectivity index (χ3v) is 4.46. The van der Waals surface area contributed by atoms with E-state index in [1.807, 2.05) is 4.90 Å². The molecule has 26 heavy (non-hydrogen) atoms. The molecule has 0 aliphatic carbocycles. The normalized spacial score (nSPS) is 17.6. The number of amides is 3. The Balaban J connectivity index is 1.87. The van der Waals surface area contributed by atoms with Gasteiger partial charge >= 0.3 is 12.2 Å². The molecule has 6 nitrogen and oxygen atoms in total. The highest BCUT2D eigenvalue weighted by Crippen LogP contribution is 2.29. The molecule has 144 valence electrons. The van der Waals surface area contributed by atoms with E-state index in [0.29, 0.717) is 38.3 Å². The minimum absolute atomic E-state index is 0.379. The first kappa shape index (κ1) is 20.2. The van der Waals surface area contributed by atoms with Crippen molar-refractivity contribution >= 4 is 11.9 Å². The number of carbonyl (C=O) groups excluding carboxylic acids is 2. The van der Waals surface area contributed by atoms with Gasteiger partial charge in [-0.25, -0.2) is 4.79 Å². The third-order valence-electron chi connectivity index (χ3n) is 4.46. The number of hydrogen-bond acceptors (Lipinski definition) is 4. The summed E-state index contributed by atoms with van der Waals surface area (Å²) in [5, 5.41) is 4.57. The van der Waals surface area contributed by atoms with Crippen LogP contribution < -0.4 is 10.6 Å². The molecule has 0 unspecified atom stereocenters. The highest BCUT2D eigenvalue weighted by Gasteiger charge is 2.31. The second-order valence-electron chi connectivity index (χ2n) is 6.25. The van der Waals surface area contributed by atoms with E-state index in [-0.39, 0.29) is 5.91 Å². The van der Waals surface area contributed by atoms with E-state index < -0.39 is 23.8 Å². The summed E-state index contributed by atoms with van der Waals surface area (Å²) in [7, 11) is 1.43. The Hall–Kier alpha value is -2.13. The topological polar surface area (TPSA) is 64.7 Å². The molecular formula is C17H23F3N4O2. The quantitative estimate of drug-likeness (QED) is 0.844. The molecule has 3 amide bonds. The average Bonchev–Trinajstić information content (AvgIpc) is 2.61. The Morgan fingerprint density at radius 2 is 1.85 bits per heavy atom. The van der Waals surface area contributed by atoms with E-state index in [9.17, 15) is 22.8 Å². The molecule has 1 saturated heterocycles. The summed E-state index contributed by atoms with van der Waals surface area (Å²) in [5.74, 6) is -0.379. The first-order chi connectivity index (χ1) is 12.2. The van der Waals surface area contributed by atoms with Crippen LogP contribution in [0.5, 0.6) is 0 Å². The summed E-state index contributed by atoms with van der Waals surface area (Å²) in [6.45, 7) is 4.61. The van der Waals surface area contributed by atoms with Crippen LogP contribution in [0.15, 0.2) is 24.3 Å². The van der Waals surface area contributed by atoms with Crippen molar-refractivity contribution in [2.75, 3.05) is 33.2 Å². The maximum atomic E-state index is 12.8.